The number of benzene rings is 1. The maximum Gasteiger partial charge on any atom is 0.347 e. The Labute approximate surface area is 106 Å². The lowest BCUT2D eigenvalue weighted by molar-refractivity contribution is 0.809. The molecule has 0 saturated heterocycles. The smallest absolute Gasteiger partial charge is 0.301 e. The molecule has 84 valence electrons. The molecule has 4 nitrogen and oxygen atoms in total. The molecule has 1 heterocycles. The van der Waals surface area contributed by atoms with Gasteiger partial charge in [0, 0.05) is 23.3 Å². The predicted octanol–water partition coefficient (Wildman–Crippen LogP) is 2.08. The standard InChI is InChI=1S/C12H8BrN3O/c1-16-7-9(6-14)11(15-12(16)17)8-2-4-10(13)5-3-8/h2-5,7H,1H3. The first-order valence-corrected chi connectivity index (χ1v) is 5.65. The van der Waals surface area contributed by atoms with E-state index in [0.717, 1.165) is 10.0 Å². The van der Waals surface area contributed by atoms with Crippen LogP contribution in [0, 0.1) is 11.3 Å². The van der Waals surface area contributed by atoms with Crippen LogP contribution in [0.4, 0.5) is 0 Å². The van der Waals surface area contributed by atoms with Crippen LogP contribution in [0.2, 0.25) is 0 Å². The highest BCUT2D eigenvalue weighted by Crippen LogP contribution is 2.21. The summed E-state index contributed by atoms with van der Waals surface area (Å²) >= 11 is 3.33. The van der Waals surface area contributed by atoms with Crippen molar-refractivity contribution in [2.24, 2.45) is 7.05 Å². The molecule has 2 rings (SSSR count). The molecule has 0 amide bonds. The molecule has 0 atom stereocenters. The van der Waals surface area contributed by atoms with E-state index in [4.69, 9.17) is 5.26 Å². The maximum absolute atomic E-state index is 11.5. The van der Waals surface area contributed by atoms with Crippen molar-refractivity contribution in [1.29, 1.82) is 5.26 Å². The van der Waals surface area contributed by atoms with E-state index in [9.17, 15) is 4.79 Å². The quantitative estimate of drug-likeness (QED) is 0.808. The Kier molecular flexibility index (Phi) is 3.07. The van der Waals surface area contributed by atoms with Crippen LogP contribution in [0.1, 0.15) is 5.56 Å². The highest BCUT2D eigenvalue weighted by atomic mass is 79.9. The van der Waals surface area contributed by atoms with E-state index >= 15 is 0 Å². The van der Waals surface area contributed by atoms with E-state index in [-0.39, 0.29) is 5.69 Å². The highest BCUT2D eigenvalue weighted by Gasteiger charge is 2.08. The monoisotopic (exact) mass is 289 g/mol. The van der Waals surface area contributed by atoms with E-state index in [0.29, 0.717) is 11.3 Å². The molecule has 5 heteroatoms. The summed E-state index contributed by atoms with van der Waals surface area (Å²) in [6.07, 6.45) is 1.49. The van der Waals surface area contributed by atoms with Crippen LogP contribution in [0.3, 0.4) is 0 Å². The SMILES string of the molecule is Cn1cc(C#N)c(-c2ccc(Br)cc2)nc1=O. The third-order valence-corrected chi connectivity index (χ3v) is 2.85. The lowest BCUT2D eigenvalue weighted by atomic mass is 10.1. The van der Waals surface area contributed by atoms with Gasteiger partial charge in [-0.1, -0.05) is 28.1 Å². The third-order valence-electron chi connectivity index (χ3n) is 2.33. The van der Waals surface area contributed by atoms with Crippen LogP contribution in [0.5, 0.6) is 0 Å². The number of rotatable bonds is 1. The molecule has 1 aromatic carbocycles. The second-order valence-corrected chi connectivity index (χ2v) is 4.43. The molecule has 0 unspecified atom stereocenters. The largest absolute Gasteiger partial charge is 0.347 e. The number of hydrogen-bond donors (Lipinski definition) is 0. The topological polar surface area (TPSA) is 58.7 Å². The van der Waals surface area contributed by atoms with Crippen LogP contribution in [0.25, 0.3) is 11.3 Å². The highest BCUT2D eigenvalue weighted by molar-refractivity contribution is 9.10. The van der Waals surface area contributed by atoms with E-state index in [1.165, 1.54) is 10.8 Å². The lowest BCUT2D eigenvalue weighted by Crippen LogP contribution is -2.20. The van der Waals surface area contributed by atoms with Gasteiger partial charge in [0.05, 0.1) is 11.3 Å². The molecule has 0 N–H and O–H groups in total. The Bertz CT molecular complexity index is 653. The molecule has 0 fully saturated rings. The molecular weight excluding hydrogens is 282 g/mol. The summed E-state index contributed by atoms with van der Waals surface area (Å²) in [6, 6.07) is 9.35. The van der Waals surface area contributed by atoms with E-state index in [1.807, 2.05) is 30.3 Å². The van der Waals surface area contributed by atoms with Crippen molar-refractivity contribution in [3.8, 4) is 17.3 Å². The van der Waals surface area contributed by atoms with Crippen molar-refractivity contribution in [1.82, 2.24) is 9.55 Å². The number of nitriles is 1. The van der Waals surface area contributed by atoms with Gasteiger partial charge >= 0.3 is 5.69 Å². The summed E-state index contributed by atoms with van der Waals surface area (Å²) < 4.78 is 2.23. The van der Waals surface area contributed by atoms with Crippen molar-refractivity contribution in [3.63, 3.8) is 0 Å². The summed E-state index contributed by atoms with van der Waals surface area (Å²) in [5.41, 5.74) is 1.18. The minimum Gasteiger partial charge on any atom is -0.301 e. The number of aryl methyl sites for hydroxylation is 1. The van der Waals surface area contributed by atoms with E-state index < -0.39 is 0 Å². The van der Waals surface area contributed by atoms with Gasteiger partial charge in [-0.25, -0.2) is 4.79 Å². The Morgan fingerprint density at radius 2 is 2.00 bits per heavy atom. The van der Waals surface area contributed by atoms with Crippen molar-refractivity contribution in [2.45, 2.75) is 0 Å². The molecule has 0 bridgehead atoms. The van der Waals surface area contributed by atoms with Crippen LogP contribution >= 0.6 is 15.9 Å². The third kappa shape index (κ3) is 2.27. The van der Waals surface area contributed by atoms with Crippen LogP contribution in [-0.2, 0) is 7.05 Å². The first kappa shape index (κ1) is 11.6. The van der Waals surface area contributed by atoms with Gasteiger partial charge in [0.25, 0.3) is 0 Å². The Balaban J connectivity index is 2.67. The summed E-state index contributed by atoms with van der Waals surface area (Å²) in [5.74, 6) is 0. The molecule has 2 aromatic rings. The number of hydrogen-bond acceptors (Lipinski definition) is 3. The Hall–Kier alpha value is -1.93. The first-order chi connectivity index (χ1) is 8.11. The van der Waals surface area contributed by atoms with Crippen molar-refractivity contribution in [2.75, 3.05) is 0 Å². The van der Waals surface area contributed by atoms with Crippen molar-refractivity contribution in [3.05, 3.63) is 51.0 Å². The Morgan fingerprint density at radius 1 is 1.35 bits per heavy atom. The molecule has 0 spiro atoms. The average Bonchev–Trinajstić information content (AvgIpc) is 2.33. The summed E-state index contributed by atoms with van der Waals surface area (Å²) in [4.78, 5) is 15.4. The van der Waals surface area contributed by atoms with Gasteiger partial charge in [-0.3, -0.25) is 0 Å². The zero-order valence-electron chi connectivity index (χ0n) is 9.01. The van der Waals surface area contributed by atoms with Gasteiger partial charge in [-0.05, 0) is 12.1 Å². The zero-order chi connectivity index (χ0) is 12.4. The molecule has 0 radical (unpaired) electrons. The fourth-order valence-corrected chi connectivity index (χ4v) is 1.72. The number of nitrogens with zero attached hydrogens (tertiary/aromatic N) is 3. The van der Waals surface area contributed by atoms with Crippen LogP contribution < -0.4 is 5.69 Å². The maximum atomic E-state index is 11.5. The summed E-state index contributed by atoms with van der Waals surface area (Å²) in [6.45, 7) is 0. The van der Waals surface area contributed by atoms with Gasteiger partial charge in [-0.2, -0.15) is 10.2 Å². The van der Waals surface area contributed by atoms with Gasteiger partial charge in [0.2, 0.25) is 0 Å². The molecule has 1 aromatic heterocycles. The number of aromatic nitrogens is 2. The normalized spacial score (nSPS) is 9.94. The molecule has 17 heavy (non-hydrogen) atoms. The fraction of sp³-hybridized carbons (Fsp3) is 0.0833. The van der Waals surface area contributed by atoms with E-state index in [1.54, 1.807) is 7.05 Å². The fourth-order valence-electron chi connectivity index (χ4n) is 1.45. The zero-order valence-corrected chi connectivity index (χ0v) is 10.6. The Morgan fingerprint density at radius 3 is 2.59 bits per heavy atom. The minimum absolute atomic E-state index is 0.373. The minimum atomic E-state index is -0.373. The van der Waals surface area contributed by atoms with Gasteiger partial charge in [0.1, 0.15) is 6.07 Å². The van der Waals surface area contributed by atoms with E-state index in [2.05, 4.69) is 20.9 Å². The van der Waals surface area contributed by atoms with Crippen LogP contribution in [0.15, 0.2) is 39.7 Å². The molecule has 0 saturated carbocycles. The second-order valence-electron chi connectivity index (χ2n) is 3.52. The molecule has 0 aliphatic carbocycles. The van der Waals surface area contributed by atoms with Gasteiger partial charge in [-0.15, -0.1) is 0 Å². The molecular formula is C12H8BrN3O. The molecule has 0 aliphatic rings. The lowest BCUT2D eigenvalue weighted by Gasteiger charge is -2.04. The second kappa shape index (κ2) is 4.52. The summed E-state index contributed by atoms with van der Waals surface area (Å²) in [7, 11) is 1.57. The molecule has 0 aliphatic heterocycles. The predicted molar refractivity (Wildman–Crippen MR) is 67.3 cm³/mol. The van der Waals surface area contributed by atoms with Crippen LogP contribution in [-0.4, -0.2) is 9.55 Å². The first-order valence-electron chi connectivity index (χ1n) is 4.85. The number of halogens is 1. The van der Waals surface area contributed by atoms with Crippen molar-refractivity contribution >= 4 is 15.9 Å². The summed E-state index contributed by atoms with van der Waals surface area (Å²) in [5, 5.41) is 9.04. The van der Waals surface area contributed by atoms with Crippen molar-refractivity contribution < 1.29 is 0 Å². The average molecular weight is 290 g/mol. The van der Waals surface area contributed by atoms with Gasteiger partial charge in [0.15, 0.2) is 0 Å². The van der Waals surface area contributed by atoms with Gasteiger partial charge < -0.3 is 4.57 Å².